The van der Waals surface area contributed by atoms with E-state index in [9.17, 15) is 4.79 Å². The molecule has 0 unspecified atom stereocenters. The molecule has 0 aromatic heterocycles. The van der Waals surface area contributed by atoms with Gasteiger partial charge in [-0.3, -0.25) is 11.7 Å². The summed E-state index contributed by atoms with van der Waals surface area (Å²) in [5.41, 5.74) is 0. The Kier molecular flexibility index (Phi) is 3.91. The van der Waals surface area contributed by atoms with E-state index in [0.717, 1.165) is 0 Å². The zero-order chi connectivity index (χ0) is 6.41. The van der Waals surface area contributed by atoms with Crippen molar-refractivity contribution in [3.05, 3.63) is 0 Å². The number of ether oxygens (including phenoxy) is 1. The second kappa shape index (κ2) is 4.35. The first kappa shape index (κ1) is 7.19. The van der Waals surface area contributed by atoms with E-state index in [4.69, 9.17) is 0 Å². The molecule has 0 saturated carbocycles. The highest BCUT2D eigenvalue weighted by molar-refractivity contribution is 5.68. The molecule has 1 fully saturated rings. The summed E-state index contributed by atoms with van der Waals surface area (Å²) in [6.45, 7) is 1.19. The smallest absolute Gasteiger partial charge is 0.407 e. The molecule has 0 radical (unpaired) electrons. The van der Waals surface area contributed by atoms with Crippen LogP contribution in [0.3, 0.4) is 0 Å². The summed E-state index contributed by atoms with van der Waals surface area (Å²) < 4.78 is 4.40. The van der Waals surface area contributed by atoms with Gasteiger partial charge in [0.25, 0.3) is 0 Å². The topological polar surface area (TPSA) is 90.4 Å². The lowest BCUT2D eigenvalue weighted by atomic mass is 10.7. The number of hydrazine groups is 1. The second-order valence-electron chi connectivity index (χ2n) is 1.06. The molecule has 0 bridgehead atoms. The molecule has 0 aromatic rings. The summed E-state index contributed by atoms with van der Waals surface area (Å²) in [7, 11) is 0. The number of cyclic esters (lactones) is 1. The summed E-state index contributed by atoms with van der Waals surface area (Å²) in [6.07, 6.45) is -0.296. The minimum atomic E-state index is -0.296. The Morgan fingerprint density at radius 3 is 2.38 bits per heavy atom. The van der Waals surface area contributed by atoms with Gasteiger partial charge in [0.15, 0.2) is 0 Å². The Morgan fingerprint density at radius 2 is 2.25 bits per heavy atom. The molecule has 5 N–H and O–H groups in total. The quantitative estimate of drug-likeness (QED) is 0.268. The SMILES string of the molecule is NN.O=C1NCCO1. The fraction of sp³-hybridized carbons (Fsp3) is 0.667. The van der Waals surface area contributed by atoms with Crippen LogP contribution in [0.5, 0.6) is 0 Å². The first-order valence-electron chi connectivity index (χ1n) is 2.13. The van der Waals surface area contributed by atoms with E-state index in [1.165, 1.54) is 0 Å². The highest BCUT2D eigenvalue weighted by Gasteiger charge is 2.06. The molecule has 0 spiro atoms. The van der Waals surface area contributed by atoms with E-state index in [-0.39, 0.29) is 6.09 Å². The number of nitrogens with one attached hydrogen (secondary N) is 1. The van der Waals surface area contributed by atoms with Crippen LogP contribution in [0.15, 0.2) is 0 Å². The van der Waals surface area contributed by atoms with Crippen LogP contribution in [0.4, 0.5) is 4.79 Å². The zero-order valence-corrected chi connectivity index (χ0v) is 4.39. The van der Waals surface area contributed by atoms with Crippen LogP contribution >= 0.6 is 0 Å². The van der Waals surface area contributed by atoms with E-state index >= 15 is 0 Å². The Labute approximate surface area is 46.9 Å². The number of rotatable bonds is 0. The number of amides is 1. The normalized spacial score (nSPS) is 15.5. The summed E-state index contributed by atoms with van der Waals surface area (Å²) in [4.78, 5) is 9.91. The molecule has 8 heavy (non-hydrogen) atoms. The molecular weight excluding hydrogens is 110 g/mol. The molecule has 0 atom stereocenters. The van der Waals surface area contributed by atoms with Gasteiger partial charge < -0.3 is 10.1 Å². The highest BCUT2D eigenvalue weighted by atomic mass is 16.6. The van der Waals surface area contributed by atoms with Crippen molar-refractivity contribution in [3.8, 4) is 0 Å². The second-order valence-corrected chi connectivity index (χ2v) is 1.06. The summed E-state index contributed by atoms with van der Waals surface area (Å²) in [5, 5.41) is 2.46. The van der Waals surface area contributed by atoms with E-state index in [0.29, 0.717) is 13.2 Å². The van der Waals surface area contributed by atoms with Gasteiger partial charge >= 0.3 is 6.09 Å². The Balaban J connectivity index is 0.000000222. The van der Waals surface area contributed by atoms with Crippen molar-refractivity contribution < 1.29 is 9.53 Å². The maximum atomic E-state index is 9.91. The van der Waals surface area contributed by atoms with Crippen molar-refractivity contribution in [1.82, 2.24) is 5.32 Å². The molecule has 1 saturated heterocycles. The number of hydrogen-bond donors (Lipinski definition) is 3. The van der Waals surface area contributed by atoms with Crippen LogP contribution in [0.1, 0.15) is 0 Å². The monoisotopic (exact) mass is 119 g/mol. The number of nitrogens with two attached hydrogens (primary N) is 2. The molecule has 0 aliphatic carbocycles. The average molecular weight is 119 g/mol. The summed E-state index contributed by atoms with van der Waals surface area (Å²) >= 11 is 0. The fourth-order valence-corrected chi connectivity index (χ4v) is 0.348. The number of carbonyl (C=O) groups excluding carboxylic acids is 1. The van der Waals surface area contributed by atoms with Crippen LogP contribution in [0.2, 0.25) is 0 Å². The van der Waals surface area contributed by atoms with Gasteiger partial charge in [0.05, 0.1) is 6.54 Å². The van der Waals surface area contributed by atoms with Gasteiger partial charge in [-0.1, -0.05) is 0 Å². The van der Waals surface area contributed by atoms with E-state index in [1.807, 2.05) is 0 Å². The third-order valence-electron chi connectivity index (χ3n) is 0.605. The molecule has 48 valence electrons. The molecule has 1 heterocycles. The van der Waals surface area contributed by atoms with E-state index in [1.54, 1.807) is 0 Å². The summed E-state index contributed by atoms with van der Waals surface area (Å²) in [5.74, 6) is 8.00. The number of carbonyl (C=O) groups is 1. The number of alkyl carbamates (subject to hydrolysis) is 1. The largest absolute Gasteiger partial charge is 0.448 e. The van der Waals surface area contributed by atoms with Gasteiger partial charge in [-0.15, -0.1) is 0 Å². The minimum Gasteiger partial charge on any atom is -0.448 e. The predicted octanol–water partition coefficient (Wildman–Crippen LogP) is -1.46. The van der Waals surface area contributed by atoms with Crippen molar-refractivity contribution >= 4 is 6.09 Å². The van der Waals surface area contributed by atoms with Gasteiger partial charge in [-0.25, -0.2) is 4.79 Å². The van der Waals surface area contributed by atoms with Crippen molar-refractivity contribution in [1.29, 1.82) is 0 Å². The molecule has 1 rings (SSSR count). The van der Waals surface area contributed by atoms with Crippen LogP contribution in [-0.2, 0) is 4.74 Å². The van der Waals surface area contributed by atoms with Crippen molar-refractivity contribution in [3.63, 3.8) is 0 Å². The molecule has 1 aliphatic rings. The summed E-state index contributed by atoms with van der Waals surface area (Å²) in [6, 6.07) is 0. The van der Waals surface area contributed by atoms with Crippen LogP contribution in [-0.4, -0.2) is 19.2 Å². The van der Waals surface area contributed by atoms with Crippen LogP contribution in [0.25, 0.3) is 0 Å². The van der Waals surface area contributed by atoms with Crippen molar-refractivity contribution in [2.45, 2.75) is 0 Å². The van der Waals surface area contributed by atoms with Gasteiger partial charge in [-0.05, 0) is 0 Å². The van der Waals surface area contributed by atoms with Gasteiger partial charge in [-0.2, -0.15) is 0 Å². The lowest BCUT2D eigenvalue weighted by molar-refractivity contribution is 0.178. The third kappa shape index (κ3) is 2.38. The fourth-order valence-electron chi connectivity index (χ4n) is 0.348. The predicted molar refractivity (Wildman–Crippen MR) is 27.7 cm³/mol. The first-order valence-corrected chi connectivity index (χ1v) is 2.13. The maximum Gasteiger partial charge on any atom is 0.407 e. The lowest BCUT2D eigenvalue weighted by Gasteiger charge is -1.80. The van der Waals surface area contributed by atoms with Gasteiger partial charge in [0.2, 0.25) is 0 Å². The minimum absolute atomic E-state index is 0.296. The first-order chi connectivity index (χ1) is 3.89. The highest BCUT2D eigenvalue weighted by Crippen LogP contribution is 1.82. The Morgan fingerprint density at radius 1 is 1.62 bits per heavy atom. The van der Waals surface area contributed by atoms with Crippen LogP contribution in [0, 0.1) is 0 Å². The lowest BCUT2D eigenvalue weighted by Crippen LogP contribution is -2.11. The molecule has 5 nitrogen and oxygen atoms in total. The molecule has 5 heteroatoms. The molecule has 0 aromatic carbocycles. The molecule has 1 amide bonds. The standard InChI is InChI=1S/C3H5NO2.H4N2/c5-3-4-1-2-6-3;1-2/h1-2H2,(H,4,5);1-2H2. The molecule has 1 aliphatic heterocycles. The van der Waals surface area contributed by atoms with E-state index < -0.39 is 0 Å². The van der Waals surface area contributed by atoms with Gasteiger partial charge in [0, 0.05) is 0 Å². The number of hydrogen-bond acceptors (Lipinski definition) is 4. The Bertz CT molecular complexity index is 66.9. The third-order valence-corrected chi connectivity index (χ3v) is 0.605. The van der Waals surface area contributed by atoms with Gasteiger partial charge in [0.1, 0.15) is 6.61 Å². The van der Waals surface area contributed by atoms with E-state index in [2.05, 4.69) is 21.7 Å². The zero-order valence-electron chi connectivity index (χ0n) is 4.39. The maximum absolute atomic E-state index is 9.91. The molecular formula is C3H9N3O2. The van der Waals surface area contributed by atoms with Crippen molar-refractivity contribution in [2.75, 3.05) is 13.2 Å². The average Bonchev–Trinajstić information content (AvgIpc) is 2.24. The Hall–Kier alpha value is -0.810. The van der Waals surface area contributed by atoms with Crippen molar-refractivity contribution in [2.24, 2.45) is 11.7 Å². The van der Waals surface area contributed by atoms with Crippen LogP contribution < -0.4 is 17.0 Å².